The van der Waals surface area contributed by atoms with E-state index in [2.05, 4.69) is 4.99 Å². The summed E-state index contributed by atoms with van der Waals surface area (Å²) in [5.41, 5.74) is 1.97. The SMILES string of the molecule is CCN=C1SC(=Cc2ccc(OCc3ccccc3)c(OC)c2)C(=O)N1CC. The van der Waals surface area contributed by atoms with E-state index in [0.717, 1.165) is 16.3 Å². The van der Waals surface area contributed by atoms with E-state index in [-0.39, 0.29) is 5.91 Å². The van der Waals surface area contributed by atoms with Crippen molar-refractivity contribution in [1.82, 2.24) is 4.90 Å². The topological polar surface area (TPSA) is 51.1 Å². The number of benzene rings is 2. The summed E-state index contributed by atoms with van der Waals surface area (Å²) in [7, 11) is 1.61. The number of hydrogen-bond acceptors (Lipinski definition) is 5. The molecule has 0 N–H and O–H groups in total. The van der Waals surface area contributed by atoms with Gasteiger partial charge in [0.15, 0.2) is 16.7 Å². The minimum absolute atomic E-state index is 0.0110. The Balaban J connectivity index is 1.79. The number of methoxy groups -OCH3 is 1. The van der Waals surface area contributed by atoms with Crippen molar-refractivity contribution in [3.8, 4) is 11.5 Å². The highest BCUT2D eigenvalue weighted by Crippen LogP contribution is 2.34. The van der Waals surface area contributed by atoms with Crippen LogP contribution in [0.3, 0.4) is 0 Å². The first-order valence-electron chi connectivity index (χ1n) is 9.26. The fraction of sp³-hybridized carbons (Fsp3) is 0.273. The summed E-state index contributed by atoms with van der Waals surface area (Å²) in [4.78, 5) is 19.4. The van der Waals surface area contributed by atoms with Crippen LogP contribution in [-0.2, 0) is 11.4 Å². The van der Waals surface area contributed by atoms with Gasteiger partial charge in [-0.2, -0.15) is 0 Å². The lowest BCUT2D eigenvalue weighted by molar-refractivity contribution is -0.122. The minimum Gasteiger partial charge on any atom is -0.493 e. The summed E-state index contributed by atoms with van der Waals surface area (Å²) >= 11 is 1.41. The van der Waals surface area contributed by atoms with Gasteiger partial charge in [0.1, 0.15) is 6.61 Å². The van der Waals surface area contributed by atoms with E-state index in [1.54, 1.807) is 12.0 Å². The molecule has 1 amide bonds. The first-order chi connectivity index (χ1) is 13.7. The molecule has 1 saturated heterocycles. The van der Waals surface area contributed by atoms with Crippen LogP contribution >= 0.6 is 11.8 Å². The molecule has 1 aliphatic heterocycles. The second-order valence-electron chi connectivity index (χ2n) is 6.10. The second kappa shape index (κ2) is 9.46. The zero-order valence-corrected chi connectivity index (χ0v) is 17.2. The lowest BCUT2D eigenvalue weighted by Gasteiger charge is -2.12. The third-order valence-electron chi connectivity index (χ3n) is 4.22. The summed E-state index contributed by atoms with van der Waals surface area (Å²) < 4.78 is 11.4. The van der Waals surface area contributed by atoms with Crippen LogP contribution in [0, 0.1) is 0 Å². The average molecular weight is 397 g/mol. The van der Waals surface area contributed by atoms with Gasteiger partial charge in [0.2, 0.25) is 0 Å². The third kappa shape index (κ3) is 4.57. The molecule has 0 spiro atoms. The highest BCUT2D eigenvalue weighted by Gasteiger charge is 2.31. The molecule has 1 aliphatic rings. The van der Waals surface area contributed by atoms with E-state index in [1.165, 1.54) is 11.8 Å². The Kier molecular flexibility index (Phi) is 6.76. The summed E-state index contributed by atoms with van der Waals surface area (Å²) in [6.45, 7) is 5.65. The fourth-order valence-electron chi connectivity index (χ4n) is 2.82. The molecular formula is C22H24N2O3S. The van der Waals surface area contributed by atoms with Gasteiger partial charge < -0.3 is 9.47 Å². The van der Waals surface area contributed by atoms with Crippen molar-refractivity contribution in [3.63, 3.8) is 0 Å². The molecule has 2 aromatic rings. The van der Waals surface area contributed by atoms with E-state index in [4.69, 9.17) is 9.47 Å². The average Bonchev–Trinajstić information content (AvgIpc) is 3.02. The number of ether oxygens (including phenoxy) is 2. The number of carbonyl (C=O) groups is 1. The number of carbonyl (C=O) groups excluding carboxylic acids is 1. The molecule has 3 rings (SSSR count). The predicted molar refractivity (Wildman–Crippen MR) is 115 cm³/mol. The summed E-state index contributed by atoms with van der Waals surface area (Å²) in [5.74, 6) is 1.29. The zero-order chi connectivity index (χ0) is 19.9. The third-order valence-corrected chi connectivity index (χ3v) is 5.26. The van der Waals surface area contributed by atoms with Crippen molar-refractivity contribution in [1.29, 1.82) is 0 Å². The van der Waals surface area contributed by atoms with E-state index < -0.39 is 0 Å². The molecule has 0 atom stereocenters. The molecule has 28 heavy (non-hydrogen) atoms. The Morgan fingerprint density at radius 2 is 1.89 bits per heavy atom. The standard InChI is InChI=1S/C22H24N2O3S/c1-4-23-22-24(5-2)21(25)20(28-22)14-17-11-12-18(19(13-17)26-3)27-15-16-9-7-6-8-10-16/h6-14H,4-5,15H2,1-3H3. The molecule has 1 fully saturated rings. The van der Waals surface area contributed by atoms with Gasteiger partial charge in [-0.3, -0.25) is 14.7 Å². The summed E-state index contributed by atoms with van der Waals surface area (Å²) in [6.07, 6.45) is 1.87. The number of amides is 1. The van der Waals surface area contributed by atoms with Gasteiger partial charge in [0.05, 0.1) is 12.0 Å². The monoisotopic (exact) mass is 396 g/mol. The predicted octanol–water partition coefficient (Wildman–Crippen LogP) is 4.59. The minimum atomic E-state index is -0.0110. The lowest BCUT2D eigenvalue weighted by Crippen LogP contribution is -2.28. The number of rotatable bonds is 7. The molecule has 0 radical (unpaired) electrons. The number of thioether (sulfide) groups is 1. The van der Waals surface area contributed by atoms with Crippen LogP contribution in [0.1, 0.15) is 25.0 Å². The van der Waals surface area contributed by atoms with Gasteiger partial charge >= 0.3 is 0 Å². The Morgan fingerprint density at radius 3 is 2.57 bits per heavy atom. The second-order valence-corrected chi connectivity index (χ2v) is 7.11. The van der Waals surface area contributed by atoms with Gasteiger partial charge in [0, 0.05) is 13.1 Å². The van der Waals surface area contributed by atoms with E-state index in [1.807, 2.05) is 68.5 Å². The molecule has 5 nitrogen and oxygen atoms in total. The Labute approximate surface area is 170 Å². The Morgan fingerprint density at radius 1 is 1.11 bits per heavy atom. The van der Waals surface area contributed by atoms with Gasteiger partial charge in [-0.15, -0.1) is 0 Å². The normalized spacial score (nSPS) is 16.8. The van der Waals surface area contributed by atoms with E-state index in [0.29, 0.717) is 36.1 Å². The summed E-state index contributed by atoms with van der Waals surface area (Å²) in [6, 6.07) is 15.7. The first kappa shape index (κ1) is 20.0. The van der Waals surface area contributed by atoms with Gasteiger partial charge in [-0.05, 0) is 54.9 Å². The highest BCUT2D eigenvalue weighted by atomic mass is 32.2. The summed E-state index contributed by atoms with van der Waals surface area (Å²) in [5, 5.41) is 0.760. The van der Waals surface area contributed by atoms with E-state index >= 15 is 0 Å². The highest BCUT2D eigenvalue weighted by molar-refractivity contribution is 8.18. The number of hydrogen-bond donors (Lipinski definition) is 0. The van der Waals surface area contributed by atoms with Crippen LogP contribution in [0.4, 0.5) is 0 Å². The van der Waals surface area contributed by atoms with Crippen LogP contribution in [0.15, 0.2) is 58.4 Å². The number of aliphatic imine (C=N–C) groups is 1. The van der Waals surface area contributed by atoms with Crippen LogP contribution in [0.25, 0.3) is 6.08 Å². The molecule has 2 aromatic carbocycles. The van der Waals surface area contributed by atoms with E-state index in [9.17, 15) is 4.79 Å². The maximum atomic E-state index is 12.6. The van der Waals surface area contributed by atoms with Gasteiger partial charge in [0.25, 0.3) is 5.91 Å². The number of nitrogens with zero attached hydrogens (tertiary/aromatic N) is 2. The van der Waals surface area contributed by atoms with Crippen molar-refractivity contribution in [3.05, 3.63) is 64.6 Å². The Hall–Kier alpha value is -2.73. The smallest absolute Gasteiger partial charge is 0.266 e. The molecule has 0 unspecified atom stereocenters. The zero-order valence-electron chi connectivity index (χ0n) is 16.3. The molecule has 1 heterocycles. The van der Waals surface area contributed by atoms with Crippen molar-refractivity contribution < 1.29 is 14.3 Å². The molecule has 0 aromatic heterocycles. The molecule has 0 aliphatic carbocycles. The van der Waals surface area contributed by atoms with Crippen LogP contribution in [-0.4, -0.2) is 36.2 Å². The van der Waals surface area contributed by atoms with Crippen molar-refractivity contribution >= 4 is 28.9 Å². The van der Waals surface area contributed by atoms with Gasteiger partial charge in [-0.25, -0.2) is 0 Å². The van der Waals surface area contributed by atoms with Crippen molar-refractivity contribution in [2.45, 2.75) is 20.5 Å². The van der Waals surface area contributed by atoms with Crippen molar-refractivity contribution in [2.24, 2.45) is 4.99 Å². The van der Waals surface area contributed by atoms with Crippen LogP contribution < -0.4 is 9.47 Å². The molecular weight excluding hydrogens is 372 g/mol. The molecule has 146 valence electrons. The first-order valence-corrected chi connectivity index (χ1v) is 10.1. The quantitative estimate of drug-likeness (QED) is 0.643. The molecule has 6 heteroatoms. The fourth-order valence-corrected chi connectivity index (χ4v) is 3.92. The molecule has 0 saturated carbocycles. The Bertz CT molecular complexity index is 894. The number of likely N-dealkylation sites (N-methyl/N-ethyl adjacent to an activating group) is 1. The number of amidine groups is 1. The van der Waals surface area contributed by atoms with Crippen LogP contribution in [0.5, 0.6) is 11.5 Å². The maximum Gasteiger partial charge on any atom is 0.266 e. The van der Waals surface area contributed by atoms with Crippen molar-refractivity contribution in [2.75, 3.05) is 20.2 Å². The largest absolute Gasteiger partial charge is 0.493 e. The maximum absolute atomic E-state index is 12.6. The lowest BCUT2D eigenvalue weighted by atomic mass is 10.1. The molecule has 0 bridgehead atoms. The van der Waals surface area contributed by atoms with Crippen LogP contribution in [0.2, 0.25) is 0 Å². The van der Waals surface area contributed by atoms with Gasteiger partial charge in [-0.1, -0.05) is 36.4 Å².